The molecule has 3 aliphatic rings. The Bertz CT molecular complexity index is 1020. The van der Waals surface area contributed by atoms with Gasteiger partial charge in [0.15, 0.2) is 5.76 Å². The molecule has 5 heteroatoms. The lowest BCUT2D eigenvalue weighted by Gasteiger charge is -2.33. The third-order valence-electron chi connectivity index (χ3n) is 7.01. The topological polar surface area (TPSA) is 59.0 Å². The molecular formula is C28H33NO4. The molecule has 0 saturated carbocycles. The molecule has 2 aliphatic heterocycles. The fourth-order valence-corrected chi connectivity index (χ4v) is 5.22. The van der Waals surface area contributed by atoms with Crippen molar-refractivity contribution in [3.8, 4) is 11.1 Å². The van der Waals surface area contributed by atoms with Crippen LogP contribution < -0.4 is 0 Å². The number of allylic oxidation sites excluding steroid dienone is 1. The van der Waals surface area contributed by atoms with E-state index in [2.05, 4.69) is 42.5 Å². The number of benzene rings is 2. The predicted octanol–water partition coefficient (Wildman–Crippen LogP) is 4.77. The van der Waals surface area contributed by atoms with E-state index in [9.17, 15) is 4.79 Å². The smallest absolute Gasteiger partial charge is 0.288 e. The summed E-state index contributed by atoms with van der Waals surface area (Å²) in [4.78, 5) is 15.1. The van der Waals surface area contributed by atoms with Crippen LogP contribution in [0.25, 0.3) is 11.1 Å². The summed E-state index contributed by atoms with van der Waals surface area (Å²) < 4.78 is 12.1. The Hall–Kier alpha value is -2.63. The lowest BCUT2D eigenvalue weighted by Crippen LogP contribution is -2.39. The maximum Gasteiger partial charge on any atom is 0.288 e. The molecule has 0 bridgehead atoms. The van der Waals surface area contributed by atoms with Crippen LogP contribution >= 0.6 is 0 Å². The van der Waals surface area contributed by atoms with E-state index in [1.165, 1.54) is 34.2 Å². The molecular weight excluding hydrogens is 414 g/mol. The largest absolute Gasteiger partial charge is 0.459 e. The lowest BCUT2D eigenvalue weighted by molar-refractivity contribution is -0.153. The van der Waals surface area contributed by atoms with Crippen LogP contribution in [0.5, 0.6) is 0 Å². The number of carbonyl (C=O) groups is 1. The molecule has 1 N–H and O–H groups in total. The van der Waals surface area contributed by atoms with Crippen molar-refractivity contribution in [1.29, 1.82) is 0 Å². The number of amides is 1. The third kappa shape index (κ3) is 4.85. The van der Waals surface area contributed by atoms with Crippen molar-refractivity contribution in [2.45, 2.75) is 57.2 Å². The number of aliphatic hydroxyl groups excluding tert-OH is 1. The molecule has 1 saturated heterocycles. The Balaban J connectivity index is 1.38. The second-order valence-corrected chi connectivity index (χ2v) is 9.33. The molecule has 5 nitrogen and oxygen atoms in total. The van der Waals surface area contributed by atoms with Crippen molar-refractivity contribution in [3.63, 3.8) is 0 Å². The SMILES string of the molecule is O=C(C1=C[C@@H](c2ccc3c(c2)Cc2ccccc2-3)C[C@@H](OCCCCO)O1)N1CCCCC1. The van der Waals surface area contributed by atoms with Crippen molar-refractivity contribution < 1.29 is 19.4 Å². The van der Waals surface area contributed by atoms with Gasteiger partial charge < -0.3 is 19.5 Å². The Morgan fingerprint density at radius 1 is 1.03 bits per heavy atom. The number of aliphatic hydroxyl groups is 1. The molecule has 2 aromatic carbocycles. The van der Waals surface area contributed by atoms with E-state index in [0.29, 0.717) is 25.2 Å². The van der Waals surface area contributed by atoms with Gasteiger partial charge in [0.05, 0.1) is 6.61 Å². The number of piperidine rings is 1. The number of carbonyl (C=O) groups excluding carboxylic acids is 1. The number of fused-ring (bicyclic) bond motifs is 3. The predicted molar refractivity (Wildman–Crippen MR) is 128 cm³/mol. The van der Waals surface area contributed by atoms with Crippen molar-refractivity contribution in [1.82, 2.24) is 4.90 Å². The fraction of sp³-hybridized carbons (Fsp3) is 0.464. The van der Waals surface area contributed by atoms with Gasteiger partial charge in [-0.3, -0.25) is 4.79 Å². The van der Waals surface area contributed by atoms with E-state index in [4.69, 9.17) is 14.6 Å². The van der Waals surface area contributed by atoms with Crippen LogP contribution in [-0.2, 0) is 20.7 Å². The summed E-state index contributed by atoms with van der Waals surface area (Å²) in [5, 5.41) is 9.05. The Morgan fingerprint density at radius 2 is 1.85 bits per heavy atom. The van der Waals surface area contributed by atoms with Gasteiger partial charge in [0.2, 0.25) is 6.29 Å². The van der Waals surface area contributed by atoms with Crippen LogP contribution in [0.1, 0.15) is 61.1 Å². The molecule has 2 aromatic rings. The number of ether oxygens (including phenoxy) is 2. The highest BCUT2D eigenvalue weighted by Crippen LogP contribution is 2.40. The monoisotopic (exact) mass is 447 g/mol. The summed E-state index contributed by atoms with van der Waals surface area (Å²) in [7, 11) is 0. The average molecular weight is 448 g/mol. The highest BCUT2D eigenvalue weighted by Gasteiger charge is 2.32. The van der Waals surface area contributed by atoms with E-state index < -0.39 is 6.29 Å². The van der Waals surface area contributed by atoms with Gasteiger partial charge in [-0.25, -0.2) is 0 Å². The summed E-state index contributed by atoms with van der Waals surface area (Å²) >= 11 is 0. The summed E-state index contributed by atoms with van der Waals surface area (Å²) in [6, 6.07) is 15.3. The molecule has 1 fully saturated rings. The summed E-state index contributed by atoms with van der Waals surface area (Å²) in [5.74, 6) is 0.473. The van der Waals surface area contributed by atoms with Crippen LogP contribution in [0.15, 0.2) is 54.3 Å². The molecule has 2 heterocycles. The number of nitrogens with zero attached hydrogens (tertiary/aromatic N) is 1. The molecule has 0 spiro atoms. The van der Waals surface area contributed by atoms with Gasteiger partial charge in [-0.15, -0.1) is 0 Å². The van der Waals surface area contributed by atoms with Crippen molar-refractivity contribution in [2.24, 2.45) is 0 Å². The molecule has 1 aliphatic carbocycles. The van der Waals surface area contributed by atoms with E-state index in [1.807, 2.05) is 11.0 Å². The zero-order chi connectivity index (χ0) is 22.6. The van der Waals surface area contributed by atoms with Gasteiger partial charge in [-0.05, 0) is 72.4 Å². The molecule has 1 amide bonds. The molecule has 5 rings (SSSR count). The van der Waals surface area contributed by atoms with Crippen LogP contribution in [0.3, 0.4) is 0 Å². The summed E-state index contributed by atoms with van der Waals surface area (Å²) in [6.45, 7) is 2.27. The number of hydrogen-bond acceptors (Lipinski definition) is 4. The van der Waals surface area contributed by atoms with E-state index >= 15 is 0 Å². The summed E-state index contributed by atoms with van der Waals surface area (Å²) in [5.41, 5.74) is 6.56. The molecule has 2 atom stereocenters. The van der Waals surface area contributed by atoms with E-state index in [-0.39, 0.29) is 18.4 Å². The first-order valence-electron chi connectivity index (χ1n) is 12.3. The van der Waals surface area contributed by atoms with Crippen LogP contribution in [0.4, 0.5) is 0 Å². The second-order valence-electron chi connectivity index (χ2n) is 9.33. The Labute approximate surface area is 196 Å². The standard InChI is InChI=1S/C28H33NO4/c30-14-6-7-15-32-27-19-22(18-26(33-27)28(31)29-12-4-1-5-13-29)20-10-11-25-23(16-20)17-21-8-2-3-9-24(21)25/h2-3,8-11,16,18,22,27,30H,1,4-7,12-15,17,19H2/t22-,27+/m1/s1. The first-order valence-corrected chi connectivity index (χ1v) is 12.3. The summed E-state index contributed by atoms with van der Waals surface area (Å²) in [6.07, 6.45) is 7.95. The maximum atomic E-state index is 13.2. The molecule has 0 unspecified atom stereocenters. The molecule has 174 valence electrons. The van der Waals surface area contributed by atoms with Gasteiger partial charge in [0.1, 0.15) is 0 Å². The highest BCUT2D eigenvalue weighted by atomic mass is 16.7. The Morgan fingerprint density at radius 3 is 2.70 bits per heavy atom. The second kappa shape index (κ2) is 10.1. The quantitative estimate of drug-likeness (QED) is 0.530. The van der Waals surface area contributed by atoms with Crippen LogP contribution in [0, 0.1) is 0 Å². The minimum absolute atomic E-state index is 0.0167. The van der Waals surface area contributed by atoms with Crippen LogP contribution in [-0.4, -0.2) is 48.5 Å². The minimum Gasteiger partial charge on any atom is -0.459 e. The average Bonchev–Trinajstić information content (AvgIpc) is 3.24. The number of unbranched alkanes of at least 4 members (excludes halogenated alkanes) is 1. The Kier molecular flexibility index (Phi) is 6.79. The first-order chi connectivity index (χ1) is 16.2. The van der Waals surface area contributed by atoms with Crippen molar-refractivity contribution in [3.05, 3.63) is 71.0 Å². The zero-order valence-corrected chi connectivity index (χ0v) is 19.2. The maximum absolute atomic E-state index is 13.2. The minimum atomic E-state index is -0.451. The van der Waals surface area contributed by atoms with Crippen molar-refractivity contribution >= 4 is 5.91 Å². The number of rotatable bonds is 7. The van der Waals surface area contributed by atoms with Gasteiger partial charge in [0.25, 0.3) is 5.91 Å². The van der Waals surface area contributed by atoms with Crippen LogP contribution in [0.2, 0.25) is 0 Å². The third-order valence-corrected chi connectivity index (χ3v) is 7.01. The van der Waals surface area contributed by atoms with Crippen molar-refractivity contribution in [2.75, 3.05) is 26.3 Å². The lowest BCUT2D eigenvalue weighted by atomic mass is 9.90. The number of likely N-dealkylation sites (tertiary alicyclic amines) is 1. The van der Waals surface area contributed by atoms with Gasteiger partial charge in [-0.2, -0.15) is 0 Å². The molecule has 33 heavy (non-hydrogen) atoms. The highest BCUT2D eigenvalue weighted by molar-refractivity contribution is 5.92. The van der Waals surface area contributed by atoms with Gasteiger partial charge in [0, 0.05) is 32.0 Å². The molecule has 0 aromatic heterocycles. The number of hydrogen-bond donors (Lipinski definition) is 1. The fourth-order valence-electron chi connectivity index (χ4n) is 5.22. The van der Waals surface area contributed by atoms with E-state index in [0.717, 1.165) is 38.8 Å². The van der Waals surface area contributed by atoms with E-state index in [1.54, 1.807) is 0 Å². The normalized spacial score (nSPS) is 21.7. The first kappa shape index (κ1) is 22.2. The van der Waals surface area contributed by atoms with Gasteiger partial charge in [-0.1, -0.05) is 42.5 Å². The van der Waals surface area contributed by atoms with Gasteiger partial charge >= 0.3 is 0 Å². The zero-order valence-electron chi connectivity index (χ0n) is 19.2. The molecule has 0 radical (unpaired) electrons.